The van der Waals surface area contributed by atoms with Crippen molar-refractivity contribution in [1.82, 2.24) is 19.1 Å². The Labute approximate surface area is 333 Å². The number of nitrogens with zero attached hydrogens (tertiary/aromatic N) is 4. The number of para-hydroxylation sites is 5. The summed E-state index contributed by atoms with van der Waals surface area (Å²) in [6.07, 6.45) is 0. The lowest BCUT2D eigenvalue weighted by Crippen LogP contribution is -2.15. The Morgan fingerprint density at radius 1 is 0.500 bits per heavy atom. The second-order valence-corrected chi connectivity index (χ2v) is 16.1. The minimum Gasteiger partial charge on any atom is -0.456 e. The molecule has 0 bridgehead atoms. The van der Waals surface area contributed by atoms with Crippen LogP contribution in [0.5, 0.6) is 0 Å². The number of hydrogen-bond acceptors (Lipinski definition) is 3. The zero-order valence-electron chi connectivity index (χ0n) is 31.9. The van der Waals surface area contributed by atoms with Crippen molar-refractivity contribution in [1.29, 1.82) is 0 Å². The van der Waals surface area contributed by atoms with Gasteiger partial charge in [0.15, 0.2) is 0 Å². The van der Waals surface area contributed by atoms with E-state index < -0.39 is 0 Å². The van der Waals surface area contributed by atoms with E-state index in [-0.39, 0.29) is 5.41 Å². The summed E-state index contributed by atoms with van der Waals surface area (Å²) in [5.74, 6) is 0.642. The van der Waals surface area contributed by atoms with Crippen LogP contribution in [0.15, 0.2) is 174 Å². The summed E-state index contributed by atoms with van der Waals surface area (Å²) in [5.41, 5.74) is 15.1. The number of benzene rings is 8. The summed E-state index contributed by atoms with van der Waals surface area (Å²) in [5, 5.41) is 8.08. The van der Waals surface area contributed by atoms with Crippen LogP contribution in [-0.4, -0.2) is 19.1 Å². The molecule has 0 radical (unpaired) electrons. The highest BCUT2D eigenvalue weighted by atomic mass is 16.3. The van der Waals surface area contributed by atoms with Crippen LogP contribution in [-0.2, 0) is 5.41 Å². The molecule has 58 heavy (non-hydrogen) atoms. The van der Waals surface area contributed by atoms with Gasteiger partial charge in [-0.05, 0) is 71.3 Å². The molecule has 5 heteroatoms. The normalized spacial score (nSPS) is 13.5. The molecule has 0 spiro atoms. The van der Waals surface area contributed by atoms with Crippen molar-refractivity contribution in [3.05, 3.63) is 181 Å². The van der Waals surface area contributed by atoms with Gasteiger partial charge in [0.25, 0.3) is 0 Å². The van der Waals surface area contributed by atoms with Gasteiger partial charge < -0.3 is 8.98 Å². The Morgan fingerprint density at radius 2 is 1.14 bits per heavy atom. The van der Waals surface area contributed by atoms with Crippen LogP contribution in [0.2, 0.25) is 0 Å². The molecular weight excluding hydrogens is 709 g/mol. The first-order chi connectivity index (χ1) is 28.6. The second-order valence-electron chi connectivity index (χ2n) is 16.1. The zero-order chi connectivity index (χ0) is 38.3. The Kier molecular flexibility index (Phi) is 6.17. The van der Waals surface area contributed by atoms with E-state index in [4.69, 9.17) is 14.4 Å². The van der Waals surface area contributed by atoms with Crippen LogP contribution in [0.3, 0.4) is 0 Å². The van der Waals surface area contributed by atoms with E-state index >= 15 is 0 Å². The molecule has 0 N–H and O–H groups in total. The minimum absolute atomic E-state index is 0.288. The maximum Gasteiger partial charge on any atom is 0.235 e. The maximum atomic E-state index is 6.26. The number of aromatic nitrogens is 4. The van der Waals surface area contributed by atoms with Crippen LogP contribution in [0, 0.1) is 0 Å². The third kappa shape index (κ3) is 4.04. The molecule has 4 heterocycles. The van der Waals surface area contributed by atoms with Gasteiger partial charge in [0.2, 0.25) is 5.95 Å². The molecule has 272 valence electrons. The molecule has 0 aliphatic heterocycles. The molecular formula is C53H34N4O. The smallest absolute Gasteiger partial charge is 0.235 e. The lowest BCUT2D eigenvalue weighted by atomic mass is 9.80. The van der Waals surface area contributed by atoms with E-state index in [1.54, 1.807) is 0 Å². The lowest BCUT2D eigenvalue weighted by Gasteiger charge is -2.23. The number of fused-ring (bicyclic) bond motifs is 16. The second kappa shape index (κ2) is 11.3. The molecule has 0 unspecified atom stereocenters. The fourth-order valence-electron chi connectivity index (χ4n) is 10.3. The van der Waals surface area contributed by atoms with Crippen molar-refractivity contribution in [2.75, 3.05) is 0 Å². The molecule has 12 aromatic rings. The van der Waals surface area contributed by atoms with Gasteiger partial charge in [0, 0.05) is 59.9 Å². The molecule has 4 aromatic heterocycles. The van der Waals surface area contributed by atoms with Crippen molar-refractivity contribution in [3.8, 4) is 34.0 Å². The Morgan fingerprint density at radius 3 is 1.97 bits per heavy atom. The summed E-state index contributed by atoms with van der Waals surface area (Å²) in [7, 11) is 0. The third-order valence-electron chi connectivity index (χ3n) is 12.7. The molecule has 1 aliphatic carbocycles. The van der Waals surface area contributed by atoms with Gasteiger partial charge in [-0.3, -0.25) is 4.57 Å². The highest BCUT2D eigenvalue weighted by molar-refractivity contribution is 6.31. The van der Waals surface area contributed by atoms with E-state index in [1.165, 1.54) is 49.4 Å². The van der Waals surface area contributed by atoms with E-state index in [0.29, 0.717) is 5.95 Å². The van der Waals surface area contributed by atoms with Crippen molar-refractivity contribution in [3.63, 3.8) is 0 Å². The Bertz CT molecular complexity index is 3710. The topological polar surface area (TPSA) is 48.8 Å². The molecule has 0 fully saturated rings. The zero-order valence-corrected chi connectivity index (χ0v) is 31.9. The van der Waals surface area contributed by atoms with E-state index in [0.717, 1.165) is 66.2 Å². The molecule has 13 rings (SSSR count). The molecule has 0 atom stereocenters. The number of furan rings is 1. The van der Waals surface area contributed by atoms with Gasteiger partial charge >= 0.3 is 0 Å². The first-order valence-electron chi connectivity index (χ1n) is 19.9. The molecule has 5 nitrogen and oxygen atoms in total. The molecule has 1 aliphatic rings. The van der Waals surface area contributed by atoms with Crippen LogP contribution in [0.1, 0.15) is 25.0 Å². The van der Waals surface area contributed by atoms with Gasteiger partial charge in [-0.2, -0.15) is 0 Å². The summed E-state index contributed by atoms with van der Waals surface area (Å²) in [4.78, 5) is 11.1. The van der Waals surface area contributed by atoms with E-state index in [2.05, 4.69) is 181 Å². The van der Waals surface area contributed by atoms with Crippen LogP contribution in [0.25, 0.3) is 110 Å². The lowest BCUT2D eigenvalue weighted by molar-refractivity contribution is 0.667. The summed E-state index contributed by atoms with van der Waals surface area (Å²) >= 11 is 0. The van der Waals surface area contributed by atoms with Crippen molar-refractivity contribution in [2.24, 2.45) is 0 Å². The Hall–Kier alpha value is -7.50. The van der Waals surface area contributed by atoms with Crippen molar-refractivity contribution >= 4 is 76.5 Å². The van der Waals surface area contributed by atoms with Gasteiger partial charge in [-0.1, -0.05) is 129 Å². The largest absolute Gasteiger partial charge is 0.456 e. The van der Waals surface area contributed by atoms with E-state index in [9.17, 15) is 0 Å². The average Bonchev–Trinajstić information content (AvgIpc) is 3.98. The number of rotatable bonds is 3. The third-order valence-corrected chi connectivity index (χ3v) is 12.7. The minimum atomic E-state index is -0.288. The molecule has 0 saturated heterocycles. The van der Waals surface area contributed by atoms with Gasteiger partial charge in [-0.25, -0.2) is 9.97 Å². The summed E-state index contributed by atoms with van der Waals surface area (Å²) in [6.45, 7) is 4.79. The highest BCUT2D eigenvalue weighted by Gasteiger charge is 2.41. The fourth-order valence-corrected chi connectivity index (χ4v) is 10.3. The Balaban J connectivity index is 1.24. The fraction of sp³-hybridized carbons (Fsp3) is 0.0566. The predicted molar refractivity (Wildman–Crippen MR) is 238 cm³/mol. The molecule has 0 amide bonds. The van der Waals surface area contributed by atoms with Gasteiger partial charge in [0.1, 0.15) is 11.2 Å². The van der Waals surface area contributed by atoms with Crippen LogP contribution < -0.4 is 0 Å². The van der Waals surface area contributed by atoms with Gasteiger partial charge in [0.05, 0.1) is 33.3 Å². The summed E-state index contributed by atoms with van der Waals surface area (Å²) < 4.78 is 11.1. The number of hydrogen-bond donors (Lipinski definition) is 0. The predicted octanol–water partition coefficient (Wildman–Crippen LogP) is 13.7. The van der Waals surface area contributed by atoms with E-state index in [1.807, 2.05) is 12.1 Å². The SMILES string of the molecule is CC1(C)c2ccccc2-c2c1c1c3ccccc3n(-c3ccccc3)c1c1c3ccccc3n(-c3nc(-c4ccc5oc6ccccc6c5c4)c4ccccc4n3)c21. The van der Waals surface area contributed by atoms with Crippen LogP contribution in [0.4, 0.5) is 0 Å². The molecule has 0 saturated carbocycles. The standard InChI is InChI=1S/C53H34N4O/c1-53(2)39-23-11-6-19-34(39)45-48(53)46-36-21-8-13-25-41(36)56(32-16-4-3-5-17-32)50(46)47-37-22-9-14-26-42(37)57(51(45)47)52-54-40-24-12-7-20-35(40)49(55-52)31-28-29-44-38(30-31)33-18-10-15-27-43(33)58-44/h3-30H,1-2H3. The van der Waals surface area contributed by atoms with Gasteiger partial charge in [-0.15, -0.1) is 0 Å². The van der Waals surface area contributed by atoms with Crippen LogP contribution >= 0.6 is 0 Å². The quantitative estimate of drug-likeness (QED) is 0.181. The van der Waals surface area contributed by atoms with Crippen molar-refractivity contribution < 1.29 is 4.42 Å². The molecule has 8 aromatic carbocycles. The average molecular weight is 743 g/mol. The maximum absolute atomic E-state index is 6.26. The monoisotopic (exact) mass is 742 g/mol. The first kappa shape index (κ1) is 31.7. The highest BCUT2D eigenvalue weighted by Crippen LogP contribution is 2.58. The summed E-state index contributed by atoms with van der Waals surface area (Å²) in [6, 6.07) is 60.6. The van der Waals surface area contributed by atoms with Crippen molar-refractivity contribution in [2.45, 2.75) is 19.3 Å². The first-order valence-corrected chi connectivity index (χ1v) is 19.9.